The molecule has 0 aliphatic heterocycles. The third-order valence-electron chi connectivity index (χ3n) is 6.42. The van der Waals surface area contributed by atoms with E-state index in [9.17, 15) is 39.9 Å². The van der Waals surface area contributed by atoms with Crippen molar-refractivity contribution in [3.63, 3.8) is 0 Å². The number of ether oxygens (including phenoxy) is 3. The van der Waals surface area contributed by atoms with Crippen LogP contribution in [0.1, 0.15) is 60.8 Å². The number of aliphatic hydroxyl groups excluding tert-OH is 6. The van der Waals surface area contributed by atoms with Gasteiger partial charge in [-0.1, -0.05) is 48.0 Å². The fraction of sp³-hybridized carbons (Fsp3) is 0.875. The number of aliphatic hydroxyl groups is 6. The topological polar surface area (TPSA) is 200 Å². The number of carbonyl (C=O) groups is 3. The van der Waals surface area contributed by atoms with Gasteiger partial charge in [0.25, 0.3) is 0 Å². The molecule has 0 aliphatic rings. The highest BCUT2D eigenvalue weighted by molar-refractivity contribution is 5.84. The summed E-state index contributed by atoms with van der Waals surface area (Å²) in [7, 11) is 0. The molecule has 0 aliphatic carbocycles. The molecule has 0 aromatic rings. The first-order valence-corrected chi connectivity index (χ1v) is 12.4. The highest BCUT2D eigenvalue weighted by Crippen LogP contribution is 2.21. The van der Waals surface area contributed by atoms with Gasteiger partial charge in [-0.25, -0.2) is 14.4 Å². The summed E-state index contributed by atoms with van der Waals surface area (Å²) in [4.78, 5) is 38.0. The summed E-state index contributed by atoms with van der Waals surface area (Å²) in [5, 5.41) is 57.9. The van der Waals surface area contributed by atoms with Crippen LogP contribution in [0.25, 0.3) is 0 Å². The van der Waals surface area contributed by atoms with Crippen molar-refractivity contribution < 1.29 is 59.2 Å². The molecule has 0 spiro atoms. The van der Waals surface area contributed by atoms with Gasteiger partial charge in [-0.2, -0.15) is 0 Å². The van der Waals surface area contributed by atoms with Gasteiger partial charge in [-0.3, -0.25) is 0 Å². The minimum absolute atomic E-state index is 0.389. The average molecular weight is 525 g/mol. The molecule has 212 valence electrons. The van der Waals surface area contributed by atoms with E-state index in [0.29, 0.717) is 19.3 Å². The Morgan fingerprint density at radius 2 is 1.06 bits per heavy atom. The summed E-state index contributed by atoms with van der Waals surface area (Å²) in [6.45, 7) is 8.54. The van der Waals surface area contributed by atoms with Crippen molar-refractivity contribution in [2.75, 3.05) is 13.2 Å². The van der Waals surface area contributed by atoms with Crippen LogP contribution in [-0.4, -0.2) is 104 Å². The second-order valence-corrected chi connectivity index (χ2v) is 9.24. The summed E-state index contributed by atoms with van der Waals surface area (Å²) < 4.78 is 15.6. The van der Waals surface area contributed by atoms with Gasteiger partial charge in [-0.05, 0) is 18.8 Å². The largest absolute Gasteiger partial charge is 0.460 e. The van der Waals surface area contributed by atoms with Crippen LogP contribution in [0, 0.1) is 17.8 Å². The fourth-order valence-electron chi connectivity index (χ4n) is 2.98. The highest BCUT2D eigenvalue weighted by Gasteiger charge is 2.38. The zero-order chi connectivity index (χ0) is 28.2. The molecule has 6 N–H and O–H groups in total. The first kappa shape index (κ1) is 34.2. The van der Waals surface area contributed by atoms with Crippen LogP contribution in [0.5, 0.6) is 0 Å². The van der Waals surface area contributed by atoms with Crippen LogP contribution >= 0.6 is 0 Å². The van der Waals surface area contributed by atoms with E-state index in [1.165, 1.54) is 0 Å². The summed E-state index contributed by atoms with van der Waals surface area (Å²) in [6.07, 6.45) is -10.3. The van der Waals surface area contributed by atoms with Crippen LogP contribution < -0.4 is 0 Å². The molecule has 0 amide bonds. The molecule has 0 heterocycles. The molecule has 0 saturated carbocycles. The Morgan fingerprint density at radius 1 is 0.639 bits per heavy atom. The molecular weight excluding hydrogens is 480 g/mol. The maximum absolute atomic E-state index is 13.0. The van der Waals surface area contributed by atoms with Crippen molar-refractivity contribution in [2.24, 2.45) is 17.8 Å². The van der Waals surface area contributed by atoms with E-state index < -0.39 is 91.6 Å². The van der Waals surface area contributed by atoms with E-state index in [1.54, 1.807) is 41.5 Å². The van der Waals surface area contributed by atoms with E-state index in [2.05, 4.69) is 0 Å². The molecule has 0 fully saturated rings. The van der Waals surface area contributed by atoms with E-state index in [4.69, 9.17) is 19.3 Å². The van der Waals surface area contributed by atoms with E-state index in [-0.39, 0.29) is 0 Å². The normalized spacial score (nSPS) is 20.0. The number of hydrogen-bond donors (Lipinski definition) is 6. The second-order valence-electron chi connectivity index (χ2n) is 9.24. The van der Waals surface area contributed by atoms with Gasteiger partial charge >= 0.3 is 17.9 Å². The predicted octanol–water partition coefficient (Wildman–Crippen LogP) is -0.712. The Bertz CT molecular complexity index is 671. The predicted molar refractivity (Wildman–Crippen MR) is 126 cm³/mol. The van der Waals surface area contributed by atoms with Crippen molar-refractivity contribution >= 4 is 17.9 Å². The maximum atomic E-state index is 13.0. The van der Waals surface area contributed by atoms with Gasteiger partial charge in [0, 0.05) is 11.8 Å². The Balaban J connectivity index is 5.45. The molecule has 12 nitrogen and oxygen atoms in total. The van der Waals surface area contributed by atoms with Crippen LogP contribution in [0.4, 0.5) is 0 Å². The fourth-order valence-corrected chi connectivity index (χ4v) is 2.98. The van der Waals surface area contributed by atoms with Crippen molar-refractivity contribution in [3.8, 4) is 0 Å². The SMILES string of the molecule is CC[C@H](C)[C@H](OC(=O)[C@@H](OC(=O)[C@H](O)[C@@H](C)CC)[C@@H](C)CC)C(=O)OC[C@H](O)[C@H](O)[C@H](O)[C@H](O)CO. The lowest BCUT2D eigenvalue weighted by Crippen LogP contribution is -2.48. The third kappa shape index (κ3) is 10.3. The minimum Gasteiger partial charge on any atom is -0.460 e. The monoisotopic (exact) mass is 524 g/mol. The smallest absolute Gasteiger partial charge is 0.348 e. The molecule has 0 aromatic heterocycles. The van der Waals surface area contributed by atoms with Gasteiger partial charge in [-0.15, -0.1) is 0 Å². The lowest BCUT2D eigenvalue weighted by molar-refractivity contribution is -0.190. The second kappa shape index (κ2) is 16.8. The summed E-state index contributed by atoms with van der Waals surface area (Å²) >= 11 is 0. The molecular formula is C24H44O12. The van der Waals surface area contributed by atoms with E-state index >= 15 is 0 Å². The van der Waals surface area contributed by atoms with Crippen LogP contribution in [0.3, 0.4) is 0 Å². The first-order valence-electron chi connectivity index (χ1n) is 12.4. The standard InChI is InChI=1S/C24H44O12/c1-7-12(4)17(28)22(31)35-21(14(6)9-3)24(33)36-20(13(5)8-2)23(32)34-11-16(27)19(30)18(29)15(26)10-25/h12-21,25-30H,7-11H2,1-6H3/t12-,13-,14-,15+,16-,17+,18+,19-,20-,21-/m0/s1. The van der Waals surface area contributed by atoms with Gasteiger partial charge in [0.2, 0.25) is 12.2 Å². The van der Waals surface area contributed by atoms with E-state index in [0.717, 1.165) is 0 Å². The number of carbonyl (C=O) groups excluding carboxylic acids is 3. The molecule has 0 bridgehead atoms. The average Bonchev–Trinajstić information content (AvgIpc) is 2.89. The molecule has 0 unspecified atom stereocenters. The van der Waals surface area contributed by atoms with Crippen LogP contribution in [0.15, 0.2) is 0 Å². The minimum atomic E-state index is -1.93. The lowest BCUT2D eigenvalue weighted by Gasteiger charge is -2.28. The molecule has 0 radical (unpaired) electrons. The van der Waals surface area contributed by atoms with Gasteiger partial charge in [0.1, 0.15) is 31.0 Å². The Kier molecular flexibility index (Phi) is 16.0. The molecule has 36 heavy (non-hydrogen) atoms. The Morgan fingerprint density at radius 3 is 1.50 bits per heavy atom. The lowest BCUT2D eigenvalue weighted by atomic mass is 9.99. The highest BCUT2D eigenvalue weighted by atomic mass is 16.6. The van der Waals surface area contributed by atoms with Crippen molar-refractivity contribution in [1.82, 2.24) is 0 Å². The molecule has 10 atom stereocenters. The zero-order valence-corrected chi connectivity index (χ0v) is 21.9. The Hall–Kier alpha value is -1.83. The van der Waals surface area contributed by atoms with E-state index in [1.807, 2.05) is 0 Å². The van der Waals surface area contributed by atoms with Crippen LogP contribution in [0.2, 0.25) is 0 Å². The van der Waals surface area contributed by atoms with Crippen molar-refractivity contribution in [3.05, 3.63) is 0 Å². The summed E-state index contributed by atoms with van der Waals surface area (Å²) in [6, 6.07) is 0. The zero-order valence-electron chi connectivity index (χ0n) is 21.9. The Labute approximate surface area is 212 Å². The molecule has 0 aromatic carbocycles. The molecule has 0 rings (SSSR count). The van der Waals surface area contributed by atoms with Crippen molar-refractivity contribution in [2.45, 2.75) is 104 Å². The number of rotatable bonds is 17. The third-order valence-corrected chi connectivity index (χ3v) is 6.42. The molecule has 12 heteroatoms. The number of hydrogen-bond acceptors (Lipinski definition) is 12. The van der Waals surface area contributed by atoms with Crippen molar-refractivity contribution in [1.29, 1.82) is 0 Å². The number of esters is 3. The van der Waals surface area contributed by atoms with Crippen LogP contribution in [-0.2, 0) is 28.6 Å². The summed E-state index contributed by atoms with van der Waals surface area (Å²) in [5.41, 5.74) is 0. The summed E-state index contributed by atoms with van der Waals surface area (Å²) in [5.74, 6) is -4.45. The quantitative estimate of drug-likeness (QED) is 0.103. The van der Waals surface area contributed by atoms with Gasteiger partial charge in [0.05, 0.1) is 6.61 Å². The van der Waals surface area contributed by atoms with Gasteiger partial charge in [0.15, 0.2) is 6.10 Å². The van der Waals surface area contributed by atoms with Gasteiger partial charge < -0.3 is 44.8 Å². The maximum Gasteiger partial charge on any atom is 0.348 e. The molecule has 0 saturated heterocycles. The first-order chi connectivity index (χ1) is 16.8.